The van der Waals surface area contributed by atoms with Gasteiger partial charge in [-0.05, 0) is 23.6 Å². The minimum absolute atomic E-state index is 0.191. The van der Waals surface area contributed by atoms with E-state index < -0.39 is 0 Å². The van der Waals surface area contributed by atoms with E-state index in [0.717, 1.165) is 4.88 Å². The number of anilines is 1. The molecule has 0 aliphatic heterocycles. The van der Waals surface area contributed by atoms with Gasteiger partial charge in [-0.2, -0.15) is 5.10 Å². The molecule has 3 rings (SSSR count). The highest BCUT2D eigenvalue weighted by Crippen LogP contribution is 2.15. The maximum atomic E-state index is 12.5. The molecule has 25 heavy (non-hydrogen) atoms. The van der Waals surface area contributed by atoms with Crippen LogP contribution in [-0.4, -0.2) is 33.5 Å². The average Bonchev–Trinajstić information content (AvgIpc) is 3.25. The number of thiophene rings is 1. The molecule has 0 fully saturated rings. The van der Waals surface area contributed by atoms with E-state index in [1.165, 1.54) is 4.68 Å². The number of carbonyl (C=O) groups is 2. The van der Waals surface area contributed by atoms with E-state index >= 15 is 0 Å². The van der Waals surface area contributed by atoms with Crippen molar-refractivity contribution in [3.05, 3.63) is 70.0 Å². The Labute approximate surface area is 149 Å². The molecule has 1 aromatic carbocycles. The maximum Gasteiger partial charge on any atom is 0.274 e. The third-order valence-electron chi connectivity index (χ3n) is 3.70. The van der Waals surface area contributed by atoms with Crippen LogP contribution in [0.1, 0.15) is 25.7 Å². The van der Waals surface area contributed by atoms with Gasteiger partial charge < -0.3 is 10.2 Å². The Morgan fingerprint density at radius 2 is 1.96 bits per heavy atom. The van der Waals surface area contributed by atoms with Crippen molar-refractivity contribution in [2.45, 2.75) is 6.54 Å². The molecule has 2 aromatic heterocycles. The normalized spacial score (nSPS) is 10.5. The first kappa shape index (κ1) is 16.9. The van der Waals surface area contributed by atoms with Crippen LogP contribution in [0.5, 0.6) is 0 Å². The van der Waals surface area contributed by atoms with Gasteiger partial charge in [-0.15, -0.1) is 11.3 Å². The standard InChI is InChI=1S/C18H18N4O2S/c1-21(12-14-9-6-10-25-14)18(24)15-11-16(22(2)20-15)19-17(23)13-7-4-3-5-8-13/h3-11H,12H2,1-2H3,(H,19,23). The third-order valence-corrected chi connectivity index (χ3v) is 4.56. The first-order valence-electron chi connectivity index (χ1n) is 7.73. The molecule has 0 atom stereocenters. The van der Waals surface area contributed by atoms with Gasteiger partial charge in [0.25, 0.3) is 11.8 Å². The zero-order chi connectivity index (χ0) is 17.8. The van der Waals surface area contributed by atoms with Crippen molar-refractivity contribution < 1.29 is 9.59 Å². The van der Waals surface area contributed by atoms with E-state index in [-0.39, 0.29) is 11.8 Å². The van der Waals surface area contributed by atoms with Crippen molar-refractivity contribution in [1.82, 2.24) is 14.7 Å². The van der Waals surface area contributed by atoms with Gasteiger partial charge in [0.05, 0.1) is 6.54 Å². The summed E-state index contributed by atoms with van der Waals surface area (Å²) in [5.74, 6) is 0.0421. The van der Waals surface area contributed by atoms with Crippen LogP contribution < -0.4 is 5.32 Å². The molecule has 0 aliphatic rings. The number of nitrogens with one attached hydrogen (secondary N) is 1. The molecule has 2 amide bonds. The lowest BCUT2D eigenvalue weighted by atomic mass is 10.2. The quantitative estimate of drug-likeness (QED) is 0.766. The molecule has 0 radical (unpaired) electrons. The molecular weight excluding hydrogens is 336 g/mol. The number of aryl methyl sites for hydroxylation is 1. The Balaban J connectivity index is 1.71. The maximum absolute atomic E-state index is 12.5. The number of rotatable bonds is 5. The summed E-state index contributed by atoms with van der Waals surface area (Å²) >= 11 is 1.60. The summed E-state index contributed by atoms with van der Waals surface area (Å²) in [6.07, 6.45) is 0. The first-order chi connectivity index (χ1) is 12.0. The minimum Gasteiger partial charge on any atom is -0.335 e. The molecule has 1 N–H and O–H groups in total. The summed E-state index contributed by atoms with van der Waals surface area (Å²) in [5, 5.41) is 8.98. The lowest BCUT2D eigenvalue weighted by Crippen LogP contribution is -2.26. The molecule has 0 saturated carbocycles. The van der Waals surface area contributed by atoms with Gasteiger partial charge in [0.1, 0.15) is 5.82 Å². The molecule has 7 heteroatoms. The Morgan fingerprint density at radius 3 is 2.64 bits per heavy atom. The van der Waals surface area contributed by atoms with Crippen molar-refractivity contribution in [3.8, 4) is 0 Å². The molecule has 2 heterocycles. The second-order valence-corrected chi connectivity index (χ2v) is 6.63. The van der Waals surface area contributed by atoms with Crippen molar-refractivity contribution in [2.24, 2.45) is 7.05 Å². The monoisotopic (exact) mass is 354 g/mol. The second-order valence-electron chi connectivity index (χ2n) is 5.60. The molecule has 128 valence electrons. The fraction of sp³-hybridized carbons (Fsp3) is 0.167. The summed E-state index contributed by atoms with van der Waals surface area (Å²) in [6.45, 7) is 0.527. The first-order valence-corrected chi connectivity index (χ1v) is 8.61. The average molecular weight is 354 g/mol. The molecule has 3 aromatic rings. The molecule has 0 spiro atoms. The Morgan fingerprint density at radius 1 is 1.20 bits per heavy atom. The number of benzene rings is 1. The van der Waals surface area contributed by atoms with Crippen LogP contribution in [0.2, 0.25) is 0 Å². The van der Waals surface area contributed by atoms with E-state index in [0.29, 0.717) is 23.6 Å². The number of amides is 2. The highest BCUT2D eigenvalue weighted by molar-refractivity contribution is 7.09. The van der Waals surface area contributed by atoms with Crippen LogP contribution in [0.3, 0.4) is 0 Å². The summed E-state index contributed by atoms with van der Waals surface area (Å²) < 4.78 is 1.49. The fourth-order valence-electron chi connectivity index (χ4n) is 2.37. The lowest BCUT2D eigenvalue weighted by Gasteiger charge is -2.14. The zero-order valence-corrected chi connectivity index (χ0v) is 14.8. The molecule has 0 unspecified atom stereocenters. The van der Waals surface area contributed by atoms with Crippen molar-refractivity contribution in [3.63, 3.8) is 0 Å². The van der Waals surface area contributed by atoms with Gasteiger partial charge in [0, 0.05) is 30.6 Å². The summed E-state index contributed by atoms with van der Waals surface area (Å²) in [7, 11) is 3.43. The van der Waals surface area contributed by atoms with Crippen molar-refractivity contribution >= 4 is 29.0 Å². The number of aromatic nitrogens is 2. The second kappa shape index (κ2) is 7.31. The predicted octanol–water partition coefficient (Wildman–Crippen LogP) is 3.01. The van der Waals surface area contributed by atoms with Crippen LogP contribution >= 0.6 is 11.3 Å². The summed E-state index contributed by atoms with van der Waals surface area (Å²) in [5.41, 5.74) is 0.844. The Hall–Kier alpha value is -2.93. The van der Waals surface area contributed by atoms with Gasteiger partial charge in [-0.25, -0.2) is 0 Å². The van der Waals surface area contributed by atoms with E-state index in [1.807, 2.05) is 23.6 Å². The van der Waals surface area contributed by atoms with Crippen LogP contribution in [0.4, 0.5) is 5.82 Å². The van der Waals surface area contributed by atoms with Gasteiger partial charge in [-0.1, -0.05) is 24.3 Å². The Kier molecular flexibility index (Phi) is 4.95. The smallest absolute Gasteiger partial charge is 0.274 e. The number of nitrogens with zero attached hydrogens (tertiary/aromatic N) is 3. The SMILES string of the molecule is CN(Cc1cccs1)C(=O)c1cc(NC(=O)c2ccccc2)n(C)n1. The van der Waals surface area contributed by atoms with Crippen LogP contribution in [0.15, 0.2) is 53.9 Å². The van der Waals surface area contributed by atoms with Crippen LogP contribution in [0, 0.1) is 0 Å². The van der Waals surface area contributed by atoms with Gasteiger partial charge in [-0.3, -0.25) is 14.3 Å². The van der Waals surface area contributed by atoms with E-state index in [2.05, 4.69) is 10.4 Å². The van der Waals surface area contributed by atoms with Crippen LogP contribution in [-0.2, 0) is 13.6 Å². The fourth-order valence-corrected chi connectivity index (χ4v) is 3.13. The molecule has 0 aliphatic carbocycles. The van der Waals surface area contributed by atoms with Crippen LogP contribution in [0.25, 0.3) is 0 Å². The highest BCUT2D eigenvalue weighted by Gasteiger charge is 2.18. The number of hydrogen-bond acceptors (Lipinski definition) is 4. The van der Waals surface area contributed by atoms with E-state index in [4.69, 9.17) is 0 Å². The lowest BCUT2D eigenvalue weighted by molar-refractivity contribution is 0.0779. The predicted molar refractivity (Wildman–Crippen MR) is 97.7 cm³/mol. The van der Waals surface area contributed by atoms with Crippen molar-refractivity contribution in [1.29, 1.82) is 0 Å². The third kappa shape index (κ3) is 3.95. The van der Waals surface area contributed by atoms with E-state index in [9.17, 15) is 9.59 Å². The molecule has 6 nitrogen and oxygen atoms in total. The minimum atomic E-state index is -0.241. The number of hydrogen-bond donors (Lipinski definition) is 1. The van der Waals surface area contributed by atoms with Gasteiger partial charge in [0.15, 0.2) is 5.69 Å². The summed E-state index contributed by atoms with van der Waals surface area (Å²) in [6, 6.07) is 14.4. The van der Waals surface area contributed by atoms with Gasteiger partial charge >= 0.3 is 0 Å². The highest BCUT2D eigenvalue weighted by atomic mass is 32.1. The zero-order valence-electron chi connectivity index (χ0n) is 14.0. The molecule has 0 saturated heterocycles. The topological polar surface area (TPSA) is 67.2 Å². The molecule has 0 bridgehead atoms. The Bertz CT molecular complexity index is 872. The largest absolute Gasteiger partial charge is 0.335 e. The van der Waals surface area contributed by atoms with Gasteiger partial charge in [0.2, 0.25) is 0 Å². The summed E-state index contributed by atoms with van der Waals surface area (Å²) in [4.78, 5) is 27.5. The van der Waals surface area contributed by atoms with Crippen molar-refractivity contribution in [2.75, 3.05) is 12.4 Å². The van der Waals surface area contributed by atoms with E-state index in [1.54, 1.807) is 60.7 Å². The number of carbonyl (C=O) groups excluding carboxylic acids is 2. The molecular formula is C18H18N4O2S.